The van der Waals surface area contributed by atoms with E-state index in [1.54, 1.807) is 6.92 Å². The van der Waals surface area contributed by atoms with Crippen molar-refractivity contribution >= 4 is 11.8 Å². The van der Waals surface area contributed by atoms with Crippen LogP contribution in [-0.2, 0) is 17.8 Å². The lowest BCUT2D eigenvalue weighted by Crippen LogP contribution is -2.55. The van der Waals surface area contributed by atoms with Crippen molar-refractivity contribution in [2.45, 2.75) is 51.6 Å². The van der Waals surface area contributed by atoms with Crippen molar-refractivity contribution in [2.75, 3.05) is 29.6 Å². The SMILES string of the molecule is Cc1nc(CN2c3nc(N4CCOCC4C)cc(=O)n3CC2(C)C(F)(F)F)no1. The maximum absolute atomic E-state index is 14.0. The van der Waals surface area contributed by atoms with Crippen molar-refractivity contribution in [3.8, 4) is 0 Å². The number of fused-ring (bicyclic) bond motifs is 1. The number of aromatic nitrogens is 4. The Labute approximate surface area is 164 Å². The second-order valence-corrected chi connectivity index (χ2v) is 7.54. The molecule has 4 heterocycles. The summed E-state index contributed by atoms with van der Waals surface area (Å²) in [5.41, 5.74) is -2.87. The largest absolute Gasteiger partial charge is 0.413 e. The zero-order valence-electron chi connectivity index (χ0n) is 16.2. The smallest absolute Gasteiger partial charge is 0.377 e. The van der Waals surface area contributed by atoms with Crippen LogP contribution < -0.4 is 15.4 Å². The molecule has 2 aliphatic rings. The Morgan fingerprint density at radius 1 is 1.34 bits per heavy atom. The summed E-state index contributed by atoms with van der Waals surface area (Å²) in [5.74, 6) is 0.603. The number of hydrogen-bond donors (Lipinski definition) is 0. The van der Waals surface area contributed by atoms with E-state index in [0.29, 0.717) is 25.6 Å². The number of halogens is 3. The van der Waals surface area contributed by atoms with Crippen LogP contribution in [0.4, 0.5) is 24.9 Å². The minimum absolute atomic E-state index is 0.0533. The average molecular weight is 414 g/mol. The van der Waals surface area contributed by atoms with E-state index in [0.717, 1.165) is 16.4 Å². The molecule has 0 spiro atoms. The Morgan fingerprint density at radius 3 is 2.72 bits per heavy atom. The molecule has 9 nitrogen and oxygen atoms in total. The van der Waals surface area contributed by atoms with Crippen LogP contribution in [0, 0.1) is 6.92 Å². The zero-order chi connectivity index (χ0) is 21.0. The van der Waals surface area contributed by atoms with Gasteiger partial charge < -0.3 is 19.1 Å². The van der Waals surface area contributed by atoms with Gasteiger partial charge in [-0.15, -0.1) is 0 Å². The zero-order valence-corrected chi connectivity index (χ0v) is 16.2. The van der Waals surface area contributed by atoms with Gasteiger partial charge in [-0.05, 0) is 13.8 Å². The van der Waals surface area contributed by atoms with E-state index < -0.39 is 23.8 Å². The minimum Gasteiger partial charge on any atom is -0.377 e. The van der Waals surface area contributed by atoms with Gasteiger partial charge in [0.25, 0.3) is 5.56 Å². The predicted molar refractivity (Wildman–Crippen MR) is 95.8 cm³/mol. The van der Waals surface area contributed by atoms with E-state index in [4.69, 9.17) is 9.26 Å². The molecule has 0 radical (unpaired) electrons. The molecule has 2 atom stereocenters. The summed E-state index contributed by atoms with van der Waals surface area (Å²) in [6.45, 7) is 5.06. The number of morpholine rings is 1. The van der Waals surface area contributed by atoms with Crippen molar-refractivity contribution in [1.29, 1.82) is 0 Å². The molecule has 0 bridgehead atoms. The summed E-state index contributed by atoms with van der Waals surface area (Å²) in [7, 11) is 0. The molecular weight excluding hydrogens is 393 g/mol. The van der Waals surface area contributed by atoms with Crippen molar-refractivity contribution < 1.29 is 22.4 Å². The fourth-order valence-electron chi connectivity index (χ4n) is 3.70. The minimum atomic E-state index is -4.61. The van der Waals surface area contributed by atoms with Gasteiger partial charge in [0.05, 0.1) is 32.3 Å². The van der Waals surface area contributed by atoms with Gasteiger partial charge in [0.1, 0.15) is 5.82 Å². The summed E-state index contributed by atoms with van der Waals surface area (Å²) in [5, 5.41) is 3.71. The molecule has 2 aliphatic heterocycles. The third-order valence-corrected chi connectivity index (χ3v) is 5.42. The summed E-state index contributed by atoms with van der Waals surface area (Å²) in [6.07, 6.45) is -4.61. The quantitative estimate of drug-likeness (QED) is 0.747. The van der Waals surface area contributed by atoms with E-state index in [1.165, 1.54) is 6.07 Å². The van der Waals surface area contributed by atoms with Gasteiger partial charge >= 0.3 is 6.18 Å². The fraction of sp³-hybridized carbons (Fsp3) is 0.647. The van der Waals surface area contributed by atoms with Crippen LogP contribution in [0.25, 0.3) is 0 Å². The lowest BCUT2D eigenvalue weighted by atomic mass is 10.0. The number of ether oxygens (including phenoxy) is 1. The van der Waals surface area contributed by atoms with Crippen molar-refractivity contribution in [3.05, 3.63) is 28.1 Å². The Kier molecular flexibility index (Phi) is 4.56. The Hall–Kier alpha value is -2.63. The number of anilines is 2. The Balaban J connectivity index is 1.80. The molecule has 0 saturated carbocycles. The fourth-order valence-corrected chi connectivity index (χ4v) is 3.70. The van der Waals surface area contributed by atoms with Crippen molar-refractivity contribution in [1.82, 2.24) is 19.7 Å². The summed E-state index contributed by atoms with van der Waals surface area (Å²) in [4.78, 5) is 24.1. The summed E-state index contributed by atoms with van der Waals surface area (Å²) < 4.78 is 53.5. The van der Waals surface area contributed by atoms with E-state index >= 15 is 0 Å². The van der Waals surface area contributed by atoms with Crippen molar-refractivity contribution in [3.63, 3.8) is 0 Å². The second kappa shape index (κ2) is 6.71. The van der Waals surface area contributed by atoms with Crippen LogP contribution >= 0.6 is 0 Å². The predicted octanol–water partition coefficient (Wildman–Crippen LogP) is 1.50. The molecule has 0 N–H and O–H groups in total. The van der Waals surface area contributed by atoms with Crippen LogP contribution in [0.2, 0.25) is 0 Å². The molecule has 12 heteroatoms. The highest BCUT2D eigenvalue weighted by molar-refractivity contribution is 5.50. The number of rotatable bonds is 3. The first-order chi connectivity index (χ1) is 13.6. The van der Waals surface area contributed by atoms with Gasteiger partial charge in [-0.2, -0.15) is 23.1 Å². The number of nitrogens with zero attached hydrogens (tertiary/aromatic N) is 6. The molecule has 1 fully saturated rings. The van der Waals surface area contributed by atoms with Crippen molar-refractivity contribution in [2.24, 2.45) is 0 Å². The maximum Gasteiger partial charge on any atom is 0.413 e. The van der Waals surface area contributed by atoms with Crippen LogP contribution in [0.5, 0.6) is 0 Å². The molecule has 2 aromatic heterocycles. The molecule has 0 aromatic carbocycles. The summed E-state index contributed by atoms with van der Waals surface area (Å²) in [6, 6.07) is 1.23. The standard InChI is InChI=1S/C17H21F3N6O3/c1-10-8-28-5-4-24(10)13-6-14(27)25-9-16(3,17(18,19)20)26(15(25)22-13)7-12-21-11(2)29-23-12/h6,10H,4-5,7-9H2,1-3H3. The van der Waals surface area contributed by atoms with Crippen LogP contribution in [-0.4, -0.2) is 57.2 Å². The van der Waals surface area contributed by atoms with Gasteiger partial charge in [-0.25, -0.2) is 0 Å². The van der Waals surface area contributed by atoms with Gasteiger partial charge in [0.15, 0.2) is 11.4 Å². The molecule has 158 valence electrons. The molecule has 0 amide bonds. The average Bonchev–Trinajstić information content (AvgIpc) is 3.18. The topological polar surface area (TPSA) is 89.5 Å². The van der Waals surface area contributed by atoms with E-state index in [-0.39, 0.29) is 30.3 Å². The highest BCUT2D eigenvalue weighted by atomic mass is 19.4. The monoisotopic (exact) mass is 414 g/mol. The Morgan fingerprint density at radius 2 is 2.10 bits per heavy atom. The van der Waals surface area contributed by atoms with E-state index in [2.05, 4.69) is 15.1 Å². The first-order valence-electron chi connectivity index (χ1n) is 9.20. The van der Waals surface area contributed by atoms with Gasteiger partial charge in [-0.1, -0.05) is 5.16 Å². The van der Waals surface area contributed by atoms with Gasteiger partial charge in [-0.3, -0.25) is 9.36 Å². The van der Waals surface area contributed by atoms with E-state index in [1.807, 2.05) is 11.8 Å². The third-order valence-electron chi connectivity index (χ3n) is 5.42. The Bertz CT molecular complexity index is 974. The molecular formula is C17H21F3N6O3. The van der Waals surface area contributed by atoms with Gasteiger partial charge in [0.2, 0.25) is 11.8 Å². The number of aryl methyl sites for hydroxylation is 1. The highest BCUT2D eigenvalue weighted by Crippen LogP contribution is 2.44. The summed E-state index contributed by atoms with van der Waals surface area (Å²) >= 11 is 0. The third kappa shape index (κ3) is 3.24. The highest BCUT2D eigenvalue weighted by Gasteiger charge is 2.60. The first kappa shape index (κ1) is 19.7. The van der Waals surface area contributed by atoms with Gasteiger partial charge in [0, 0.05) is 19.5 Å². The second-order valence-electron chi connectivity index (χ2n) is 7.54. The van der Waals surface area contributed by atoms with Crippen LogP contribution in [0.3, 0.4) is 0 Å². The maximum atomic E-state index is 14.0. The van der Waals surface area contributed by atoms with Crippen LogP contribution in [0.15, 0.2) is 15.4 Å². The lowest BCUT2D eigenvalue weighted by molar-refractivity contribution is -0.182. The molecule has 4 rings (SSSR count). The normalized spacial score (nSPS) is 24.8. The number of alkyl halides is 3. The first-order valence-corrected chi connectivity index (χ1v) is 9.20. The molecule has 1 saturated heterocycles. The molecule has 2 unspecified atom stereocenters. The molecule has 2 aromatic rings. The molecule has 29 heavy (non-hydrogen) atoms. The number of hydrogen-bond acceptors (Lipinski definition) is 8. The lowest BCUT2D eigenvalue weighted by Gasteiger charge is -2.36. The van der Waals surface area contributed by atoms with E-state index in [9.17, 15) is 18.0 Å². The van der Waals surface area contributed by atoms with Crippen LogP contribution in [0.1, 0.15) is 25.6 Å². The molecule has 0 aliphatic carbocycles.